The van der Waals surface area contributed by atoms with E-state index in [1.807, 2.05) is 12.4 Å². The number of rotatable bonds is 1. The van der Waals surface area contributed by atoms with Crippen LogP contribution >= 0.6 is 0 Å². The molecule has 128 valence electrons. The summed E-state index contributed by atoms with van der Waals surface area (Å²) in [6.45, 7) is 0. The Morgan fingerprint density at radius 3 is 2.70 bits per heavy atom. The molecule has 0 atom stereocenters. The molecule has 3 heterocycles. The van der Waals surface area contributed by atoms with Gasteiger partial charge in [0.1, 0.15) is 5.65 Å². The summed E-state index contributed by atoms with van der Waals surface area (Å²) in [6.07, 6.45) is 8.13. The molecule has 6 rings (SSSR count). The first-order valence-corrected chi connectivity index (χ1v) is 9.32. The summed E-state index contributed by atoms with van der Waals surface area (Å²) in [4.78, 5) is 9.34. The zero-order chi connectivity index (χ0) is 17.8. The van der Waals surface area contributed by atoms with Crippen LogP contribution < -0.4 is 10.7 Å². The topological polar surface area (TPSA) is 30.2 Å². The van der Waals surface area contributed by atoms with Crippen molar-refractivity contribution in [3.63, 3.8) is 0 Å². The third kappa shape index (κ3) is 2.15. The normalized spacial score (nSPS) is 13.9. The minimum atomic E-state index is 0.983. The predicted molar refractivity (Wildman–Crippen MR) is 110 cm³/mol. The van der Waals surface area contributed by atoms with Crippen LogP contribution in [-0.4, -0.2) is 14.4 Å². The molecule has 27 heavy (non-hydrogen) atoms. The highest BCUT2D eigenvalue weighted by Crippen LogP contribution is 2.24. The molecule has 0 saturated carbocycles. The molecular formula is C24H17N3. The Kier molecular flexibility index (Phi) is 3.00. The van der Waals surface area contributed by atoms with Gasteiger partial charge in [-0.2, -0.15) is 0 Å². The van der Waals surface area contributed by atoms with Gasteiger partial charge in [0, 0.05) is 11.6 Å². The SMILES string of the molecule is C1=c2c(nc3ccc4ccncc4n23)=C(c2ccc3ccccc3c2)CC1. The van der Waals surface area contributed by atoms with E-state index in [2.05, 4.69) is 76.1 Å². The smallest absolute Gasteiger partial charge is 0.138 e. The number of pyridine rings is 2. The van der Waals surface area contributed by atoms with Gasteiger partial charge in [-0.25, -0.2) is 4.98 Å². The first-order valence-electron chi connectivity index (χ1n) is 9.32. The average Bonchev–Trinajstić information content (AvgIpc) is 3.12. The van der Waals surface area contributed by atoms with Gasteiger partial charge in [0.2, 0.25) is 0 Å². The van der Waals surface area contributed by atoms with Crippen molar-refractivity contribution in [2.45, 2.75) is 12.8 Å². The van der Waals surface area contributed by atoms with E-state index in [0.717, 1.165) is 29.4 Å². The van der Waals surface area contributed by atoms with Gasteiger partial charge in [0.25, 0.3) is 0 Å². The molecule has 0 bridgehead atoms. The van der Waals surface area contributed by atoms with E-state index in [1.54, 1.807) is 0 Å². The fraction of sp³-hybridized carbons (Fsp3) is 0.0833. The van der Waals surface area contributed by atoms with Crippen molar-refractivity contribution in [3.8, 4) is 0 Å². The number of fused-ring (bicyclic) bond motifs is 6. The van der Waals surface area contributed by atoms with Crippen molar-refractivity contribution in [2.75, 3.05) is 0 Å². The first kappa shape index (κ1) is 14.7. The van der Waals surface area contributed by atoms with Gasteiger partial charge in [-0.3, -0.25) is 9.38 Å². The van der Waals surface area contributed by atoms with E-state index in [4.69, 9.17) is 4.98 Å². The molecule has 0 aliphatic heterocycles. The summed E-state index contributed by atoms with van der Waals surface area (Å²) in [5.74, 6) is 0. The molecule has 0 spiro atoms. The molecular weight excluding hydrogens is 330 g/mol. The fourth-order valence-corrected chi connectivity index (χ4v) is 4.24. The molecule has 0 unspecified atom stereocenters. The van der Waals surface area contributed by atoms with Gasteiger partial charge in [-0.15, -0.1) is 0 Å². The van der Waals surface area contributed by atoms with Gasteiger partial charge >= 0.3 is 0 Å². The number of imidazole rings is 1. The second-order valence-electron chi connectivity index (χ2n) is 7.09. The Morgan fingerprint density at radius 1 is 0.852 bits per heavy atom. The van der Waals surface area contributed by atoms with Crippen molar-refractivity contribution in [1.29, 1.82) is 0 Å². The quantitative estimate of drug-likeness (QED) is 0.462. The molecule has 0 N–H and O–H groups in total. The van der Waals surface area contributed by atoms with Crippen LogP contribution in [0.2, 0.25) is 0 Å². The van der Waals surface area contributed by atoms with E-state index < -0.39 is 0 Å². The summed E-state index contributed by atoms with van der Waals surface area (Å²) in [5, 5.41) is 6.03. The summed E-state index contributed by atoms with van der Waals surface area (Å²) in [5.41, 5.74) is 4.70. The Bertz CT molecular complexity index is 1470. The largest absolute Gasteiger partial charge is 0.291 e. The van der Waals surface area contributed by atoms with E-state index in [9.17, 15) is 0 Å². The van der Waals surface area contributed by atoms with Crippen molar-refractivity contribution in [1.82, 2.24) is 14.4 Å². The third-order valence-corrected chi connectivity index (χ3v) is 5.54. The van der Waals surface area contributed by atoms with E-state index in [1.165, 1.54) is 32.6 Å². The monoisotopic (exact) mass is 347 g/mol. The zero-order valence-electron chi connectivity index (χ0n) is 14.8. The molecule has 2 aromatic carbocycles. The Hall–Kier alpha value is -3.46. The minimum absolute atomic E-state index is 0.983. The van der Waals surface area contributed by atoms with Gasteiger partial charge < -0.3 is 0 Å². The molecule has 0 fully saturated rings. The predicted octanol–water partition coefficient (Wildman–Crippen LogP) is 3.81. The number of nitrogens with zero attached hydrogens (tertiary/aromatic N) is 3. The van der Waals surface area contributed by atoms with E-state index in [0.29, 0.717) is 0 Å². The van der Waals surface area contributed by atoms with Crippen LogP contribution in [0.5, 0.6) is 0 Å². The molecule has 3 nitrogen and oxygen atoms in total. The maximum Gasteiger partial charge on any atom is 0.138 e. The maximum absolute atomic E-state index is 5.01. The van der Waals surface area contributed by atoms with Crippen molar-refractivity contribution < 1.29 is 0 Å². The second-order valence-corrected chi connectivity index (χ2v) is 7.09. The number of hydrogen-bond acceptors (Lipinski definition) is 2. The van der Waals surface area contributed by atoms with Gasteiger partial charge in [0.05, 0.1) is 22.4 Å². The van der Waals surface area contributed by atoms with Crippen LogP contribution in [0.25, 0.3) is 39.0 Å². The molecule has 3 aromatic heterocycles. The van der Waals surface area contributed by atoms with Crippen molar-refractivity contribution in [3.05, 3.63) is 89.3 Å². The number of aromatic nitrogens is 3. The van der Waals surface area contributed by atoms with E-state index >= 15 is 0 Å². The highest BCUT2D eigenvalue weighted by Gasteiger charge is 2.14. The second kappa shape index (κ2) is 5.52. The molecule has 1 aliphatic rings. The zero-order valence-corrected chi connectivity index (χ0v) is 14.8. The Morgan fingerprint density at radius 2 is 1.74 bits per heavy atom. The van der Waals surface area contributed by atoms with Crippen LogP contribution in [0, 0.1) is 0 Å². The lowest BCUT2D eigenvalue weighted by Gasteiger charge is -2.10. The molecule has 5 aromatic rings. The molecule has 0 saturated heterocycles. The first-order chi connectivity index (χ1) is 13.4. The van der Waals surface area contributed by atoms with Gasteiger partial charge in [-0.1, -0.05) is 42.5 Å². The van der Waals surface area contributed by atoms with E-state index in [-0.39, 0.29) is 0 Å². The summed E-state index contributed by atoms with van der Waals surface area (Å²) in [6, 6.07) is 21.5. The maximum atomic E-state index is 5.01. The summed E-state index contributed by atoms with van der Waals surface area (Å²) < 4.78 is 2.25. The lowest BCUT2D eigenvalue weighted by Crippen LogP contribution is -2.32. The minimum Gasteiger partial charge on any atom is -0.291 e. The molecule has 0 amide bonds. The van der Waals surface area contributed by atoms with Crippen LogP contribution in [0.1, 0.15) is 18.4 Å². The highest BCUT2D eigenvalue weighted by molar-refractivity contribution is 5.87. The van der Waals surface area contributed by atoms with Crippen LogP contribution in [-0.2, 0) is 0 Å². The fourth-order valence-electron chi connectivity index (χ4n) is 4.24. The number of benzene rings is 2. The van der Waals surface area contributed by atoms with Crippen molar-refractivity contribution >= 4 is 39.0 Å². The van der Waals surface area contributed by atoms with Crippen LogP contribution in [0.4, 0.5) is 0 Å². The number of hydrogen-bond donors (Lipinski definition) is 0. The van der Waals surface area contributed by atoms with Crippen LogP contribution in [0.15, 0.2) is 73.1 Å². The average molecular weight is 347 g/mol. The lowest BCUT2D eigenvalue weighted by atomic mass is 9.95. The molecule has 0 radical (unpaired) electrons. The van der Waals surface area contributed by atoms with Crippen LogP contribution in [0.3, 0.4) is 0 Å². The Balaban J connectivity index is 1.73. The standard InChI is InChI=1S/C24H17N3/c1-2-5-18-14-19(9-8-16(18)4-1)20-6-3-7-21-24(20)26-23-11-10-17-12-13-25-15-22(17)27(21)23/h1-2,4-5,7-15H,3,6H2. The third-order valence-electron chi connectivity index (χ3n) is 5.54. The van der Waals surface area contributed by atoms with Gasteiger partial charge in [0.15, 0.2) is 0 Å². The Labute approximate surface area is 155 Å². The summed E-state index contributed by atoms with van der Waals surface area (Å²) >= 11 is 0. The molecule has 3 heteroatoms. The molecule has 1 aliphatic carbocycles. The summed E-state index contributed by atoms with van der Waals surface area (Å²) in [7, 11) is 0. The van der Waals surface area contributed by atoms with Gasteiger partial charge in [-0.05, 0) is 59.0 Å². The van der Waals surface area contributed by atoms with Crippen molar-refractivity contribution in [2.24, 2.45) is 0 Å². The highest BCUT2D eigenvalue weighted by atomic mass is 15.0. The lowest BCUT2D eigenvalue weighted by molar-refractivity contribution is 1.04.